The molecule has 0 aliphatic rings. The second-order valence-electron chi connectivity index (χ2n) is 6.33. The molecule has 5 aromatic heterocycles. The molecule has 0 atom stereocenters. The minimum Gasteiger partial charge on any atom is -0.356 e. The van der Waals surface area contributed by atoms with Crippen molar-refractivity contribution in [3.05, 3.63) is 73.6 Å². The molecule has 6 nitrogen and oxygen atoms in total. The van der Waals surface area contributed by atoms with Gasteiger partial charge < -0.3 is 9.38 Å². The van der Waals surface area contributed by atoms with E-state index in [2.05, 4.69) is 34.4 Å². The van der Waals surface area contributed by atoms with E-state index in [0.717, 1.165) is 43.3 Å². The first-order valence-corrected chi connectivity index (χ1v) is 9.35. The molecule has 0 amide bonds. The summed E-state index contributed by atoms with van der Waals surface area (Å²) in [5, 5.41) is 0.890. The van der Waals surface area contributed by atoms with Crippen molar-refractivity contribution in [3.63, 3.8) is 0 Å². The van der Waals surface area contributed by atoms with E-state index in [0.29, 0.717) is 0 Å². The van der Waals surface area contributed by atoms with E-state index in [1.807, 2.05) is 51.8 Å². The molecule has 6 aromatic rings. The molecule has 0 saturated carbocycles. The van der Waals surface area contributed by atoms with Gasteiger partial charge in [-0.15, -0.1) is 4.98 Å². The maximum atomic E-state index is 4.75. The lowest BCUT2D eigenvalue weighted by molar-refractivity contribution is -0.597. The van der Waals surface area contributed by atoms with Gasteiger partial charge in [0, 0.05) is 24.2 Å². The lowest BCUT2D eigenvalue weighted by atomic mass is 10.1. The Kier molecular flexibility index (Phi) is 2.95. The van der Waals surface area contributed by atoms with E-state index >= 15 is 0 Å². The number of fused-ring (bicyclic) bond motifs is 3. The molecule has 5 heterocycles. The molecule has 0 spiro atoms. The van der Waals surface area contributed by atoms with E-state index in [1.165, 1.54) is 0 Å². The van der Waals surface area contributed by atoms with Crippen LogP contribution in [0.5, 0.6) is 0 Å². The molecular formula is C20H13N6S+. The number of rotatable bonds is 2. The molecule has 0 aliphatic heterocycles. The third kappa shape index (κ3) is 2.32. The van der Waals surface area contributed by atoms with Crippen LogP contribution >= 0.6 is 11.3 Å². The molecule has 7 heteroatoms. The molecule has 6 rings (SSSR count). The minimum absolute atomic E-state index is 0.890. The Bertz CT molecular complexity index is 1410. The largest absolute Gasteiger partial charge is 0.356 e. The first kappa shape index (κ1) is 14.6. The lowest BCUT2D eigenvalue weighted by Gasteiger charge is -1.94. The van der Waals surface area contributed by atoms with Gasteiger partial charge >= 0.3 is 5.13 Å². The van der Waals surface area contributed by atoms with Crippen LogP contribution in [0.15, 0.2) is 73.6 Å². The molecule has 0 unspecified atom stereocenters. The first-order chi connectivity index (χ1) is 13.3. The van der Waals surface area contributed by atoms with Gasteiger partial charge in [-0.1, -0.05) is 22.4 Å². The third-order valence-electron chi connectivity index (χ3n) is 4.60. The summed E-state index contributed by atoms with van der Waals surface area (Å²) in [6.45, 7) is 0. The van der Waals surface area contributed by atoms with Gasteiger partial charge in [-0.05, 0) is 36.4 Å². The summed E-state index contributed by atoms with van der Waals surface area (Å²) < 4.78 is 5.11. The average molecular weight is 369 g/mol. The third-order valence-corrected chi connectivity index (χ3v) is 5.63. The number of imidazole rings is 1. The van der Waals surface area contributed by atoms with Gasteiger partial charge in [0.2, 0.25) is 6.33 Å². The van der Waals surface area contributed by atoms with E-state index in [1.54, 1.807) is 17.7 Å². The van der Waals surface area contributed by atoms with Crippen molar-refractivity contribution in [1.82, 2.24) is 24.3 Å². The predicted molar refractivity (Wildman–Crippen MR) is 105 cm³/mol. The maximum Gasteiger partial charge on any atom is 0.326 e. The number of nitrogens with one attached hydrogen (secondary N) is 1. The standard InChI is InChI=1S/C20H12N6S/c1-2-8-25-10-16(23-19(25)3-1)13-4-5-15-18(9-13)27-20(24-15)26-11-17-14(22-12-26)6-7-21-17/h1-12H/p+1. The van der Waals surface area contributed by atoms with Crippen molar-refractivity contribution < 1.29 is 4.57 Å². The maximum absolute atomic E-state index is 4.75. The molecule has 0 saturated heterocycles. The first-order valence-electron chi connectivity index (χ1n) is 8.53. The molecule has 1 aromatic carbocycles. The van der Waals surface area contributed by atoms with Crippen LogP contribution in [-0.4, -0.2) is 24.3 Å². The van der Waals surface area contributed by atoms with E-state index in [-0.39, 0.29) is 0 Å². The number of aromatic nitrogens is 6. The fourth-order valence-electron chi connectivity index (χ4n) is 3.25. The zero-order valence-corrected chi connectivity index (χ0v) is 14.9. The van der Waals surface area contributed by atoms with Gasteiger partial charge in [0.15, 0.2) is 11.0 Å². The highest BCUT2D eigenvalue weighted by Gasteiger charge is 2.15. The van der Waals surface area contributed by atoms with Gasteiger partial charge in [0.1, 0.15) is 11.2 Å². The summed E-state index contributed by atoms with van der Waals surface area (Å²) in [6.07, 6.45) is 9.77. The number of aromatic amines is 1. The van der Waals surface area contributed by atoms with Crippen molar-refractivity contribution in [2.75, 3.05) is 0 Å². The zero-order valence-electron chi connectivity index (χ0n) is 14.1. The molecule has 0 radical (unpaired) electrons. The monoisotopic (exact) mass is 369 g/mol. The number of benzene rings is 1. The topological polar surface area (TPSA) is 62.8 Å². The fraction of sp³-hybridized carbons (Fsp3) is 0. The van der Waals surface area contributed by atoms with Gasteiger partial charge in [-0.2, -0.15) is 4.57 Å². The van der Waals surface area contributed by atoms with Crippen molar-refractivity contribution in [2.45, 2.75) is 0 Å². The summed E-state index contributed by atoms with van der Waals surface area (Å²) >= 11 is 1.64. The number of H-pyrrole nitrogens is 1. The summed E-state index contributed by atoms with van der Waals surface area (Å²) in [7, 11) is 0. The zero-order chi connectivity index (χ0) is 17.8. The normalized spacial score (nSPS) is 11.7. The number of hydrogen-bond donors (Lipinski definition) is 1. The van der Waals surface area contributed by atoms with Gasteiger partial charge in [-0.3, -0.25) is 0 Å². The molecule has 0 bridgehead atoms. The Morgan fingerprint density at radius 3 is 3.00 bits per heavy atom. The molecule has 1 N–H and O–H groups in total. The van der Waals surface area contributed by atoms with Crippen LogP contribution in [0.4, 0.5) is 0 Å². The molecule has 0 aliphatic carbocycles. The van der Waals surface area contributed by atoms with Crippen LogP contribution in [0.1, 0.15) is 0 Å². The Hall–Kier alpha value is -3.58. The van der Waals surface area contributed by atoms with Gasteiger partial charge in [-0.25, -0.2) is 4.98 Å². The number of thiazole rings is 1. The number of pyridine rings is 1. The van der Waals surface area contributed by atoms with E-state index in [9.17, 15) is 0 Å². The molecular weight excluding hydrogens is 356 g/mol. The van der Waals surface area contributed by atoms with Crippen molar-refractivity contribution in [2.24, 2.45) is 0 Å². The molecule has 0 fully saturated rings. The van der Waals surface area contributed by atoms with Crippen LogP contribution in [0.25, 0.3) is 43.3 Å². The second-order valence-corrected chi connectivity index (χ2v) is 7.34. The number of nitrogens with zero attached hydrogens (tertiary/aromatic N) is 5. The van der Waals surface area contributed by atoms with Crippen LogP contribution in [0.2, 0.25) is 0 Å². The second kappa shape index (κ2) is 5.46. The van der Waals surface area contributed by atoms with E-state index < -0.39 is 0 Å². The Balaban J connectivity index is 1.46. The van der Waals surface area contributed by atoms with Crippen molar-refractivity contribution >= 4 is 38.2 Å². The van der Waals surface area contributed by atoms with Crippen molar-refractivity contribution in [1.29, 1.82) is 0 Å². The Morgan fingerprint density at radius 1 is 1.04 bits per heavy atom. The summed E-state index contributed by atoms with van der Waals surface area (Å²) in [4.78, 5) is 17.1. The van der Waals surface area contributed by atoms with E-state index in [4.69, 9.17) is 9.97 Å². The van der Waals surface area contributed by atoms with Crippen LogP contribution < -0.4 is 4.57 Å². The predicted octanol–water partition coefficient (Wildman–Crippen LogP) is 3.76. The minimum atomic E-state index is 0.890. The van der Waals surface area contributed by atoms with Gasteiger partial charge in [0.05, 0.1) is 16.6 Å². The fourth-order valence-corrected chi connectivity index (χ4v) is 4.20. The Morgan fingerprint density at radius 2 is 2.04 bits per heavy atom. The van der Waals surface area contributed by atoms with Crippen LogP contribution in [0.3, 0.4) is 0 Å². The number of hydrogen-bond acceptors (Lipinski definition) is 4. The Labute approximate surface area is 157 Å². The van der Waals surface area contributed by atoms with Gasteiger partial charge in [0.25, 0.3) is 0 Å². The van der Waals surface area contributed by atoms with Crippen molar-refractivity contribution in [3.8, 4) is 16.4 Å². The summed E-state index contributed by atoms with van der Waals surface area (Å²) in [5.74, 6) is 0. The smallest absolute Gasteiger partial charge is 0.326 e. The summed E-state index contributed by atoms with van der Waals surface area (Å²) in [6, 6.07) is 14.2. The highest BCUT2D eigenvalue weighted by atomic mass is 32.1. The quantitative estimate of drug-likeness (QED) is 0.473. The van der Waals surface area contributed by atoms with Crippen LogP contribution in [-0.2, 0) is 0 Å². The highest BCUT2D eigenvalue weighted by molar-refractivity contribution is 7.20. The lowest BCUT2D eigenvalue weighted by Crippen LogP contribution is -2.30. The molecule has 128 valence electrons. The average Bonchev–Trinajstić information content (AvgIpc) is 3.42. The SMILES string of the molecule is c1ccn2cc(-c3ccc4nc(-[n+]5cnc6cc[nH]c6c5)sc4c3)nc2c1. The summed E-state index contributed by atoms with van der Waals surface area (Å²) in [5.41, 5.74) is 5.90. The van der Waals surface area contributed by atoms with Crippen LogP contribution in [0, 0.1) is 0 Å². The molecule has 27 heavy (non-hydrogen) atoms. The highest BCUT2D eigenvalue weighted by Crippen LogP contribution is 2.28.